The Morgan fingerprint density at radius 2 is 1.50 bits per heavy atom. The van der Waals surface area contributed by atoms with Crippen molar-refractivity contribution in [3.8, 4) is 0 Å². The molecule has 1 amide bonds. The lowest BCUT2D eigenvalue weighted by atomic mass is 9.77. The Balaban J connectivity index is 1.57. The average molecular weight is 485 g/mol. The standard InChI is InChI=1S/C23H15BrClNO4/c24-16-10-6-15(7-11-16)20-29-22(28)23(30-20)19(14-8-12-17(25)13-9-14)26(21(23)27)18-4-2-1-3-5-18/h1-13,19-20H/t19-,20+,23-/m0/s1. The second-order valence-corrected chi connectivity index (χ2v) is 8.46. The second kappa shape index (κ2) is 7.23. The number of hydrogen-bond donors (Lipinski definition) is 0. The highest BCUT2D eigenvalue weighted by Gasteiger charge is 2.73. The van der Waals surface area contributed by atoms with Crippen LogP contribution in [-0.4, -0.2) is 17.5 Å². The van der Waals surface area contributed by atoms with Crippen LogP contribution in [0.5, 0.6) is 0 Å². The zero-order valence-corrected chi connectivity index (χ0v) is 17.8. The van der Waals surface area contributed by atoms with Crippen molar-refractivity contribution in [1.82, 2.24) is 0 Å². The molecule has 0 bridgehead atoms. The van der Waals surface area contributed by atoms with Crippen LogP contribution in [0.2, 0.25) is 5.02 Å². The Labute approximate surface area is 186 Å². The molecule has 2 heterocycles. The molecule has 1 spiro atoms. The molecule has 0 radical (unpaired) electrons. The number of carbonyl (C=O) groups excluding carboxylic acids is 2. The molecular formula is C23H15BrClNO4. The molecule has 0 aliphatic carbocycles. The van der Waals surface area contributed by atoms with Gasteiger partial charge in [-0.25, -0.2) is 4.79 Å². The number of halogens is 2. The Morgan fingerprint density at radius 1 is 0.867 bits per heavy atom. The van der Waals surface area contributed by atoms with Crippen molar-refractivity contribution in [1.29, 1.82) is 0 Å². The molecule has 30 heavy (non-hydrogen) atoms. The minimum atomic E-state index is -1.73. The Morgan fingerprint density at radius 3 is 2.17 bits per heavy atom. The summed E-state index contributed by atoms with van der Waals surface area (Å²) < 4.78 is 12.5. The van der Waals surface area contributed by atoms with Gasteiger partial charge in [0.15, 0.2) is 0 Å². The average Bonchev–Trinajstić information content (AvgIpc) is 3.13. The summed E-state index contributed by atoms with van der Waals surface area (Å²) in [6.45, 7) is 0. The first-order valence-electron chi connectivity index (χ1n) is 9.29. The number of anilines is 1. The topological polar surface area (TPSA) is 55.8 Å². The molecule has 2 fully saturated rings. The summed E-state index contributed by atoms with van der Waals surface area (Å²) in [5.41, 5.74) is 0.332. The number of ether oxygens (including phenoxy) is 2. The van der Waals surface area contributed by atoms with Crippen LogP contribution in [0.15, 0.2) is 83.3 Å². The summed E-state index contributed by atoms with van der Waals surface area (Å²) in [5, 5.41) is 0.562. The lowest BCUT2D eigenvalue weighted by Crippen LogP contribution is -2.71. The predicted molar refractivity (Wildman–Crippen MR) is 115 cm³/mol. The molecule has 0 saturated carbocycles. The van der Waals surface area contributed by atoms with Crippen molar-refractivity contribution in [2.24, 2.45) is 0 Å². The van der Waals surface area contributed by atoms with Crippen LogP contribution >= 0.6 is 27.5 Å². The summed E-state index contributed by atoms with van der Waals surface area (Å²) in [4.78, 5) is 27.9. The van der Waals surface area contributed by atoms with Crippen LogP contribution in [0.1, 0.15) is 23.5 Å². The second-order valence-electron chi connectivity index (χ2n) is 7.11. The number of esters is 1. The highest BCUT2D eigenvalue weighted by molar-refractivity contribution is 9.10. The van der Waals surface area contributed by atoms with Gasteiger partial charge in [0.25, 0.3) is 11.5 Å². The first kappa shape index (κ1) is 19.3. The van der Waals surface area contributed by atoms with Crippen molar-refractivity contribution in [3.05, 3.63) is 99.5 Å². The number of hydrogen-bond acceptors (Lipinski definition) is 4. The van der Waals surface area contributed by atoms with E-state index in [4.69, 9.17) is 21.1 Å². The van der Waals surface area contributed by atoms with Gasteiger partial charge in [-0.3, -0.25) is 9.69 Å². The highest BCUT2D eigenvalue weighted by Crippen LogP contribution is 2.54. The largest absolute Gasteiger partial charge is 0.429 e. The monoisotopic (exact) mass is 483 g/mol. The number of carbonyl (C=O) groups is 2. The predicted octanol–water partition coefficient (Wildman–Crippen LogP) is 5.20. The van der Waals surface area contributed by atoms with Crippen molar-refractivity contribution >= 4 is 45.1 Å². The maximum absolute atomic E-state index is 13.3. The Kier molecular flexibility index (Phi) is 4.65. The molecule has 7 heteroatoms. The number of amides is 1. The zero-order valence-electron chi connectivity index (χ0n) is 15.5. The van der Waals surface area contributed by atoms with E-state index in [9.17, 15) is 9.59 Å². The van der Waals surface area contributed by atoms with Crippen LogP contribution in [0.25, 0.3) is 0 Å². The van der Waals surface area contributed by atoms with Crippen LogP contribution in [-0.2, 0) is 19.1 Å². The lowest BCUT2D eigenvalue weighted by molar-refractivity contribution is -0.168. The number of benzene rings is 3. The SMILES string of the molecule is O=C1O[C@@H](c2ccc(Br)cc2)O[C@@]12C(=O)N(c1ccccc1)[C@H]2c1ccc(Cl)cc1. The smallest absolute Gasteiger partial charge is 0.353 e. The van der Waals surface area contributed by atoms with Gasteiger partial charge in [-0.1, -0.05) is 70.0 Å². The van der Waals surface area contributed by atoms with Crippen molar-refractivity contribution in [2.75, 3.05) is 4.90 Å². The van der Waals surface area contributed by atoms with Crippen molar-refractivity contribution in [2.45, 2.75) is 17.9 Å². The van der Waals surface area contributed by atoms with Gasteiger partial charge < -0.3 is 9.47 Å². The van der Waals surface area contributed by atoms with E-state index in [-0.39, 0.29) is 0 Å². The molecule has 150 valence electrons. The lowest BCUT2D eigenvalue weighted by Gasteiger charge is -2.50. The summed E-state index contributed by atoms with van der Waals surface area (Å²) in [5.74, 6) is -1.13. The third-order valence-electron chi connectivity index (χ3n) is 5.35. The minimum Gasteiger partial charge on any atom is -0.429 e. The molecule has 0 N–H and O–H groups in total. The van der Waals surface area contributed by atoms with E-state index in [0.29, 0.717) is 16.3 Å². The van der Waals surface area contributed by atoms with Gasteiger partial charge in [-0.05, 0) is 42.0 Å². The van der Waals surface area contributed by atoms with E-state index in [1.165, 1.54) is 0 Å². The first-order valence-corrected chi connectivity index (χ1v) is 10.5. The summed E-state index contributed by atoms with van der Waals surface area (Å²) in [6, 6.07) is 22.8. The fraction of sp³-hybridized carbons (Fsp3) is 0.130. The van der Waals surface area contributed by atoms with E-state index in [2.05, 4.69) is 15.9 Å². The third-order valence-corrected chi connectivity index (χ3v) is 6.13. The Bertz CT molecular complexity index is 1120. The molecule has 0 aromatic heterocycles. The number of rotatable bonds is 3. The number of β-lactam (4-membered cyclic amide) rings is 1. The normalized spacial score (nSPS) is 25.3. The van der Waals surface area contributed by atoms with Gasteiger partial charge in [0.1, 0.15) is 6.04 Å². The summed E-state index contributed by atoms with van der Waals surface area (Å²) in [6.07, 6.45) is -0.956. The van der Waals surface area contributed by atoms with E-state index < -0.39 is 29.8 Å². The fourth-order valence-electron chi connectivity index (χ4n) is 3.91. The zero-order chi connectivity index (χ0) is 20.9. The molecule has 2 aliphatic heterocycles. The molecule has 5 rings (SSSR count). The van der Waals surface area contributed by atoms with E-state index in [1.807, 2.05) is 42.5 Å². The number of cyclic esters (lactones) is 1. The first-order chi connectivity index (χ1) is 14.5. The highest BCUT2D eigenvalue weighted by atomic mass is 79.9. The molecular weight excluding hydrogens is 470 g/mol. The fourth-order valence-corrected chi connectivity index (χ4v) is 4.30. The van der Waals surface area contributed by atoms with Gasteiger partial charge >= 0.3 is 5.97 Å². The summed E-state index contributed by atoms with van der Waals surface area (Å²) >= 11 is 9.43. The van der Waals surface area contributed by atoms with E-state index >= 15 is 0 Å². The summed E-state index contributed by atoms with van der Waals surface area (Å²) in [7, 11) is 0. The Hall–Kier alpha value is -2.67. The molecule has 5 nitrogen and oxygen atoms in total. The molecule has 2 aliphatic rings. The third kappa shape index (κ3) is 2.87. The van der Waals surface area contributed by atoms with E-state index in [1.54, 1.807) is 41.3 Å². The van der Waals surface area contributed by atoms with Gasteiger partial charge in [-0.2, -0.15) is 0 Å². The van der Waals surface area contributed by atoms with Gasteiger partial charge in [0.2, 0.25) is 6.29 Å². The molecule has 3 aromatic rings. The van der Waals surface area contributed by atoms with Crippen LogP contribution in [0.3, 0.4) is 0 Å². The maximum Gasteiger partial charge on any atom is 0.353 e. The number of nitrogens with zero attached hydrogens (tertiary/aromatic N) is 1. The van der Waals surface area contributed by atoms with Gasteiger partial charge in [0, 0.05) is 20.7 Å². The minimum absolute atomic E-state index is 0.446. The maximum atomic E-state index is 13.3. The molecule has 0 unspecified atom stereocenters. The number of para-hydroxylation sites is 1. The molecule has 3 aromatic carbocycles. The van der Waals surface area contributed by atoms with Crippen molar-refractivity contribution < 1.29 is 19.1 Å². The van der Waals surface area contributed by atoms with E-state index in [0.717, 1.165) is 10.0 Å². The quantitative estimate of drug-likeness (QED) is 0.291. The van der Waals surface area contributed by atoms with Gasteiger partial charge in [0.05, 0.1) is 0 Å². The van der Waals surface area contributed by atoms with Crippen molar-refractivity contribution in [3.63, 3.8) is 0 Å². The molecule has 2 saturated heterocycles. The molecule has 3 atom stereocenters. The van der Waals surface area contributed by atoms with Crippen LogP contribution < -0.4 is 4.90 Å². The van der Waals surface area contributed by atoms with Crippen LogP contribution in [0, 0.1) is 0 Å². The van der Waals surface area contributed by atoms with Gasteiger partial charge in [-0.15, -0.1) is 0 Å². The van der Waals surface area contributed by atoms with Crippen LogP contribution in [0.4, 0.5) is 5.69 Å².